The third-order valence-electron chi connectivity index (χ3n) is 5.74. The van der Waals surface area contributed by atoms with E-state index in [-0.39, 0.29) is 26.2 Å². The van der Waals surface area contributed by atoms with Crippen molar-refractivity contribution in [2.24, 2.45) is 0 Å². The molecule has 0 aliphatic carbocycles. The Hall–Kier alpha value is -4.94. The van der Waals surface area contributed by atoms with Crippen molar-refractivity contribution >= 4 is 5.57 Å². The van der Waals surface area contributed by atoms with Crippen LogP contribution in [0.25, 0.3) is 5.57 Å². The van der Waals surface area contributed by atoms with E-state index in [0.717, 1.165) is 33.4 Å². The van der Waals surface area contributed by atoms with Gasteiger partial charge in [0.2, 0.25) is 0 Å². The Kier molecular flexibility index (Phi) is 15.2. The van der Waals surface area contributed by atoms with Crippen molar-refractivity contribution in [3.63, 3.8) is 0 Å². The summed E-state index contributed by atoms with van der Waals surface area (Å²) in [7, 11) is 0. The van der Waals surface area contributed by atoms with E-state index in [1.165, 1.54) is 0 Å². The fourth-order valence-corrected chi connectivity index (χ4v) is 3.69. The van der Waals surface area contributed by atoms with Gasteiger partial charge >= 0.3 is 26.2 Å². The fourth-order valence-electron chi connectivity index (χ4n) is 3.69. The topological polar surface area (TPSA) is 0 Å². The van der Waals surface area contributed by atoms with Crippen LogP contribution in [0.15, 0.2) is 199 Å². The van der Waals surface area contributed by atoms with Crippen LogP contribution in [0.5, 0.6) is 0 Å². The van der Waals surface area contributed by atoms with Gasteiger partial charge in [0.1, 0.15) is 0 Å². The van der Waals surface area contributed by atoms with Gasteiger partial charge in [0.25, 0.3) is 0 Å². The van der Waals surface area contributed by atoms with Crippen molar-refractivity contribution in [3.05, 3.63) is 233 Å². The predicted octanol–water partition coefficient (Wildman–Crippen LogP) is 9.87. The fraction of sp³-hybridized carbons (Fsp3) is 0. The van der Waals surface area contributed by atoms with Gasteiger partial charge < -0.3 is 0 Å². The smallest absolute Gasteiger partial charge is 0.217 e. The van der Waals surface area contributed by atoms with E-state index in [9.17, 15) is 0 Å². The molecule has 6 aromatic carbocycles. The van der Waals surface area contributed by atoms with Crippen LogP contribution in [0.1, 0.15) is 22.3 Å². The van der Waals surface area contributed by atoms with Gasteiger partial charge in [-0.3, -0.25) is 0 Å². The van der Waals surface area contributed by atoms with Gasteiger partial charge in [-0.15, -0.1) is 59.5 Å². The zero-order valence-electron chi connectivity index (χ0n) is 23.8. The van der Waals surface area contributed by atoms with Crippen molar-refractivity contribution in [1.82, 2.24) is 0 Å². The molecule has 6 aromatic rings. The first-order valence-electron chi connectivity index (χ1n) is 13.7. The molecule has 1 heteroatoms. The summed E-state index contributed by atoms with van der Waals surface area (Å²) in [6.07, 6.45) is 6.64. The monoisotopic (exact) mass is 624 g/mol. The number of hydrogen-bond acceptors (Lipinski definition) is 0. The summed E-state index contributed by atoms with van der Waals surface area (Å²) in [5.74, 6) is 6.58. The van der Waals surface area contributed by atoms with Crippen molar-refractivity contribution in [3.8, 4) is 11.8 Å². The SMILES string of the molecule is C(=C=C(C(C#Cc1ccccc1)=[C-]c1ccccc1)c1ccccc1)=[C-]c1ccccc1.[Zr+4].c1cc[cH-]c1.c1cc[cH-]c1. The van der Waals surface area contributed by atoms with Crippen LogP contribution in [0.2, 0.25) is 0 Å². The maximum atomic E-state index is 3.47. The molecule has 202 valence electrons. The molecule has 0 aliphatic rings. The molecule has 43 heavy (non-hydrogen) atoms. The van der Waals surface area contributed by atoms with E-state index in [0.29, 0.717) is 0 Å². The van der Waals surface area contributed by atoms with E-state index in [2.05, 4.69) is 35.5 Å². The molecule has 6 rings (SSSR count). The molecular formula is C42H30Zr. The average molecular weight is 626 g/mol. The quantitative estimate of drug-likeness (QED) is 0.0792. The second-order valence-electron chi connectivity index (χ2n) is 8.89. The molecule has 0 radical (unpaired) electrons. The summed E-state index contributed by atoms with van der Waals surface area (Å²) >= 11 is 0. The van der Waals surface area contributed by atoms with E-state index >= 15 is 0 Å². The Bertz CT molecular complexity index is 1670. The Balaban J connectivity index is 0.000000388. The summed E-state index contributed by atoms with van der Waals surface area (Å²) < 4.78 is 0. The molecule has 0 saturated heterocycles. The van der Waals surface area contributed by atoms with Crippen LogP contribution in [-0.2, 0) is 26.2 Å². The van der Waals surface area contributed by atoms with Crippen molar-refractivity contribution in [2.45, 2.75) is 0 Å². The zero-order chi connectivity index (χ0) is 28.9. The Morgan fingerprint density at radius 3 is 1.47 bits per heavy atom. The molecule has 0 spiro atoms. The van der Waals surface area contributed by atoms with Gasteiger partial charge in [0, 0.05) is 5.56 Å². The van der Waals surface area contributed by atoms with E-state index in [4.69, 9.17) is 0 Å². The summed E-state index contributed by atoms with van der Waals surface area (Å²) in [4.78, 5) is 0. The molecule has 0 unspecified atom stereocenters. The van der Waals surface area contributed by atoms with E-state index in [1.54, 1.807) is 0 Å². The number of benzene rings is 4. The van der Waals surface area contributed by atoms with Gasteiger partial charge in [0.05, 0.1) is 0 Å². The number of rotatable bonds is 4. The van der Waals surface area contributed by atoms with Crippen LogP contribution in [0.3, 0.4) is 0 Å². The second-order valence-corrected chi connectivity index (χ2v) is 8.89. The standard InChI is InChI=1S/C32H20.2C5H5.Zr/c1-5-14-27(15-6-1)20-13-23-32(30-21-11-4-12-22-30)31(26-29-18-9-3-10-19-29)25-24-28-16-7-2-8-17-28;2*1-2-4-5-3-1;/h1-12,14-19,21-22H;2*1-5H;/q-2;2*-1;+4. The summed E-state index contributed by atoms with van der Waals surface area (Å²) in [6.45, 7) is 0. The Labute approximate surface area is 275 Å². The van der Waals surface area contributed by atoms with Gasteiger partial charge in [-0.05, 0) is 12.1 Å². The molecule has 0 atom stereocenters. The molecule has 0 fully saturated rings. The average Bonchev–Trinajstić information content (AvgIpc) is 3.84. The number of hydrogen-bond donors (Lipinski definition) is 0. The molecule has 0 N–H and O–H groups in total. The van der Waals surface area contributed by atoms with Crippen LogP contribution in [0.4, 0.5) is 0 Å². The maximum absolute atomic E-state index is 3.47. The summed E-state index contributed by atoms with van der Waals surface area (Å²) in [5, 5.41) is 0. The molecule has 0 nitrogen and oxygen atoms in total. The zero-order valence-corrected chi connectivity index (χ0v) is 26.3. The minimum absolute atomic E-state index is 0. The van der Waals surface area contributed by atoms with E-state index in [1.807, 2.05) is 182 Å². The van der Waals surface area contributed by atoms with Gasteiger partial charge in [0.15, 0.2) is 0 Å². The first-order valence-corrected chi connectivity index (χ1v) is 13.7. The summed E-state index contributed by atoms with van der Waals surface area (Å²) in [6, 6.07) is 60.0. The Morgan fingerprint density at radius 2 is 0.977 bits per heavy atom. The van der Waals surface area contributed by atoms with Gasteiger partial charge in [-0.25, -0.2) is 30.0 Å². The van der Waals surface area contributed by atoms with Crippen LogP contribution in [-0.4, -0.2) is 0 Å². The number of allylic oxidation sites excluding steroid dienone is 2. The minimum atomic E-state index is 0. The summed E-state index contributed by atoms with van der Waals surface area (Å²) in [5.41, 5.74) is 11.8. The van der Waals surface area contributed by atoms with E-state index < -0.39 is 0 Å². The molecule has 0 heterocycles. The third-order valence-corrected chi connectivity index (χ3v) is 5.74. The molecular weight excluding hydrogens is 596 g/mol. The third kappa shape index (κ3) is 12.6. The van der Waals surface area contributed by atoms with Crippen molar-refractivity contribution in [2.75, 3.05) is 0 Å². The molecule has 0 bridgehead atoms. The molecule has 0 amide bonds. The van der Waals surface area contributed by atoms with Crippen molar-refractivity contribution in [1.29, 1.82) is 0 Å². The van der Waals surface area contributed by atoms with Crippen LogP contribution in [0, 0.1) is 24.0 Å². The predicted molar refractivity (Wildman–Crippen MR) is 175 cm³/mol. The largest absolute Gasteiger partial charge is 4.00 e. The van der Waals surface area contributed by atoms with Gasteiger partial charge in [-0.2, -0.15) is 48.0 Å². The molecule has 0 aromatic heterocycles. The second kappa shape index (κ2) is 20.0. The maximum Gasteiger partial charge on any atom is 4.00 e. The normalized spacial score (nSPS) is 9.44. The molecule has 0 saturated carbocycles. The minimum Gasteiger partial charge on any atom is -0.217 e. The van der Waals surface area contributed by atoms with Crippen LogP contribution < -0.4 is 0 Å². The first-order chi connectivity index (χ1) is 20.9. The molecule has 0 aliphatic heterocycles. The van der Waals surface area contributed by atoms with Gasteiger partial charge in [-0.1, -0.05) is 95.6 Å². The Morgan fingerprint density at radius 1 is 0.512 bits per heavy atom. The van der Waals surface area contributed by atoms with Crippen molar-refractivity contribution < 1.29 is 26.2 Å². The van der Waals surface area contributed by atoms with Crippen LogP contribution >= 0.6 is 0 Å². The first kappa shape index (κ1) is 32.6.